The molecule has 0 atom stereocenters. The van der Waals surface area contributed by atoms with Crippen LogP contribution in [0.2, 0.25) is 0 Å². The van der Waals surface area contributed by atoms with Crippen molar-refractivity contribution in [2.24, 2.45) is 0 Å². The van der Waals surface area contributed by atoms with Crippen molar-refractivity contribution >= 4 is 22.6 Å². The van der Waals surface area contributed by atoms with Gasteiger partial charge in [-0.05, 0) is 47.5 Å². The van der Waals surface area contributed by atoms with Gasteiger partial charge < -0.3 is 14.6 Å². The Kier molecular flexibility index (Phi) is 5.43. The van der Waals surface area contributed by atoms with Gasteiger partial charge in [-0.1, -0.05) is 12.1 Å². The number of benzene rings is 2. The first-order valence-corrected chi connectivity index (χ1v) is 9.53. The monoisotopic (exact) mass is 404 g/mol. The number of anilines is 1. The maximum absolute atomic E-state index is 14.5. The van der Waals surface area contributed by atoms with Crippen LogP contribution in [0, 0.1) is 5.82 Å². The Bertz CT molecular complexity index is 1190. The number of hydrogen-bond acceptors (Lipinski definition) is 5. The number of hydrogen-bond donors (Lipinski definition) is 1. The Morgan fingerprint density at radius 2 is 1.93 bits per heavy atom. The first kappa shape index (κ1) is 19.6. The van der Waals surface area contributed by atoms with Gasteiger partial charge >= 0.3 is 0 Å². The average molecular weight is 404 g/mol. The Hall–Kier alpha value is -3.74. The number of furan rings is 1. The van der Waals surface area contributed by atoms with E-state index in [1.165, 1.54) is 23.6 Å². The van der Waals surface area contributed by atoms with Crippen LogP contribution in [0.5, 0.6) is 0 Å². The number of carbonyl (C=O) groups excluding carboxylic acids is 1. The van der Waals surface area contributed by atoms with Gasteiger partial charge in [0.1, 0.15) is 23.7 Å². The molecule has 0 radical (unpaired) electrons. The zero-order valence-electron chi connectivity index (χ0n) is 16.7. The molecule has 0 spiro atoms. The third kappa shape index (κ3) is 4.00. The molecule has 0 bridgehead atoms. The molecule has 0 saturated heterocycles. The molecule has 30 heavy (non-hydrogen) atoms. The van der Waals surface area contributed by atoms with Crippen molar-refractivity contribution in [1.29, 1.82) is 0 Å². The lowest BCUT2D eigenvalue weighted by Crippen LogP contribution is -2.28. The van der Waals surface area contributed by atoms with Crippen molar-refractivity contribution < 1.29 is 13.6 Å². The molecule has 0 aliphatic carbocycles. The van der Waals surface area contributed by atoms with E-state index in [2.05, 4.69) is 15.3 Å². The van der Waals surface area contributed by atoms with Gasteiger partial charge in [0.15, 0.2) is 0 Å². The fourth-order valence-corrected chi connectivity index (χ4v) is 3.35. The van der Waals surface area contributed by atoms with E-state index in [-0.39, 0.29) is 24.7 Å². The SMILES string of the molecule is CNc1ncnc2ccc(-c3ccc(F)c(CN(C)C(=O)Cc4ccco4)c3)cc12. The highest BCUT2D eigenvalue weighted by Gasteiger charge is 2.15. The molecule has 2 aromatic carbocycles. The molecule has 1 amide bonds. The lowest BCUT2D eigenvalue weighted by atomic mass is 10.0. The highest BCUT2D eigenvalue weighted by molar-refractivity contribution is 5.92. The van der Waals surface area contributed by atoms with E-state index in [9.17, 15) is 9.18 Å². The highest BCUT2D eigenvalue weighted by atomic mass is 19.1. The van der Waals surface area contributed by atoms with Gasteiger partial charge in [0.2, 0.25) is 5.91 Å². The van der Waals surface area contributed by atoms with Gasteiger partial charge in [0.05, 0.1) is 18.2 Å². The number of fused-ring (bicyclic) bond motifs is 1. The molecule has 0 saturated carbocycles. The summed E-state index contributed by atoms with van der Waals surface area (Å²) in [7, 11) is 3.46. The number of likely N-dealkylation sites (N-methyl/N-ethyl adjacent to an activating group) is 1. The van der Waals surface area contributed by atoms with E-state index in [4.69, 9.17) is 4.42 Å². The Morgan fingerprint density at radius 1 is 1.13 bits per heavy atom. The summed E-state index contributed by atoms with van der Waals surface area (Å²) in [6.45, 7) is 0.164. The quantitative estimate of drug-likeness (QED) is 0.520. The number of amides is 1. The molecule has 0 aliphatic heterocycles. The molecule has 4 rings (SSSR count). The normalized spacial score (nSPS) is 10.9. The van der Waals surface area contributed by atoms with E-state index < -0.39 is 0 Å². The maximum atomic E-state index is 14.5. The molecule has 1 N–H and O–H groups in total. The van der Waals surface area contributed by atoms with Crippen LogP contribution in [-0.2, 0) is 17.8 Å². The second-order valence-corrected chi connectivity index (χ2v) is 7.02. The number of nitrogens with zero attached hydrogens (tertiary/aromatic N) is 3. The fourth-order valence-electron chi connectivity index (χ4n) is 3.35. The van der Waals surface area contributed by atoms with Crippen LogP contribution in [0.3, 0.4) is 0 Å². The van der Waals surface area contributed by atoms with Crippen molar-refractivity contribution in [2.45, 2.75) is 13.0 Å². The van der Waals surface area contributed by atoms with Crippen molar-refractivity contribution in [2.75, 3.05) is 19.4 Å². The van der Waals surface area contributed by atoms with E-state index >= 15 is 0 Å². The summed E-state index contributed by atoms with van der Waals surface area (Å²) < 4.78 is 19.7. The van der Waals surface area contributed by atoms with Crippen LogP contribution < -0.4 is 5.32 Å². The van der Waals surface area contributed by atoms with Crippen LogP contribution in [0.25, 0.3) is 22.0 Å². The lowest BCUT2D eigenvalue weighted by molar-refractivity contribution is -0.130. The average Bonchev–Trinajstić information content (AvgIpc) is 3.27. The largest absolute Gasteiger partial charge is 0.469 e. The Morgan fingerprint density at radius 3 is 2.70 bits per heavy atom. The number of rotatable bonds is 6. The standard InChI is InChI=1S/C23H21FN4O2/c1-25-23-19-11-16(6-8-21(19)26-14-27-23)15-5-7-20(24)17(10-15)13-28(2)22(29)12-18-4-3-9-30-18/h3-11,14H,12-13H2,1-2H3,(H,25,26,27). The minimum absolute atomic E-state index is 0.141. The predicted octanol–water partition coefficient (Wildman–Crippen LogP) is 4.27. The molecule has 2 aromatic heterocycles. The second-order valence-electron chi connectivity index (χ2n) is 7.02. The number of carbonyl (C=O) groups is 1. The summed E-state index contributed by atoms with van der Waals surface area (Å²) in [4.78, 5) is 22.4. The van der Waals surface area contributed by atoms with Crippen molar-refractivity contribution in [3.05, 3.63) is 78.3 Å². The number of nitrogens with one attached hydrogen (secondary N) is 1. The minimum atomic E-state index is -0.351. The van der Waals surface area contributed by atoms with E-state index in [1.54, 1.807) is 38.4 Å². The van der Waals surface area contributed by atoms with Crippen LogP contribution >= 0.6 is 0 Å². The number of halogens is 1. The molecule has 0 fully saturated rings. The van der Waals surface area contributed by atoms with E-state index in [1.807, 2.05) is 18.2 Å². The van der Waals surface area contributed by atoms with Crippen molar-refractivity contribution in [3.8, 4) is 11.1 Å². The molecule has 6 nitrogen and oxygen atoms in total. The Labute approximate surface area is 173 Å². The first-order chi connectivity index (χ1) is 14.5. The maximum Gasteiger partial charge on any atom is 0.230 e. The smallest absolute Gasteiger partial charge is 0.230 e. The van der Waals surface area contributed by atoms with Crippen molar-refractivity contribution in [3.63, 3.8) is 0 Å². The summed E-state index contributed by atoms with van der Waals surface area (Å²) >= 11 is 0. The van der Waals surface area contributed by atoms with Gasteiger partial charge in [0, 0.05) is 31.6 Å². The molecular weight excluding hydrogens is 383 g/mol. The summed E-state index contributed by atoms with van der Waals surface area (Å²) in [5, 5.41) is 3.95. The molecule has 152 valence electrons. The fraction of sp³-hybridized carbons (Fsp3) is 0.174. The van der Waals surface area contributed by atoms with Gasteiger partial charge in [-0.15, -0.1) is 0 Å². The summed E-state index contributed by atoms with van der Waals surface area (Å²) in [6, 6.07) is 14.2. The predicted molar refractivity (Wildman–Crippen MR) is 113 cm³/mol. The Balaban J connectivity index is 1.60. The molecular formula is C23H21FN4O2. The lowest BCUT2D eigenvalue weighted by Gasteiger charge is -2.18. The van der Waals surface area contributed by atoms with Crippen LogP contribution in [-0.4, -0.2) is 34.9 Å². The topological polar surface area (TPSA) is 71.3 Å². The van der Waals surface area contributed by atoms with Crippen molar-refractivity contribution in [1.82, 2.24) is 14.9 Å². The summed E-state index contributed by atoms with van der Waals surface area (Å²) in [5.41, 5.74) is 3.04. The first-order valence-electron chi connectivity index (χ1n) is 9.53. The van der Waals surface area contributed by atoms with Crippen LogP contribution in [0.4, 0.5) is 10.2 Å². The van der Waals surface area contributed by atoms with Gasteiger partial charge in [0.25, 0.3) is 0 Å². The summed E-state index contributed by atoms with van der Waals surface area (Å²) in [6.07, 6.45) is 3.18. The summed E-state index contributed by atoms with van der Waals surface area (Å²) in [5.74, 6) is 0.819. The van der Waals surface area contributed by atoms with E-state index in [0.29, 0.717) is 11.3 Å². The van der Waals surface area contributed by atoms with Gasteiger partial charge in [-0.25, -0.2) is 14.4 Å². The van der Waals surface area contributed by atoms with Crippen LogP contribution in [0.1, 0.15) is 11.3 Å². The molecule has 7 heteroatoms. The zero-order chi connectivity index (χ0) is 21.1. The zero-order valence-corrected chi connectivity index (χ0v) is 16.7. The number of aromatic nitrogens is 2. The third-order valence-corrected chi connectivity index (χ3v) is 4.99. The highest BCUT2D eigenvalue weighted by Crippen LogP contribution is 2.28. The van der Waals surface area contributed by atoms with Gasteiger partial charge in [-0.2, -0.15) is 0 Å². The molecule has 0 unspecified atom stereocenters. The molecule has 4 aromatic rings. The van der Waals surface area contributed by atoms with Gasteiger partial charge in [-0.3, -0.25) is 4.79 Å². The van der Waals surface area contributed by atoms with E-state index in [0.717, 1.165) is 27.8 Å². The second kappa shape index (κ2) is 8.32. The molecule has 2 heterocycles. The molecule has 0 aliphatic rings. The minimum Gasteiger partial charge on any atom is -0.469 e. The third-order valence-electron chi connectivity index (χ3n) is 4.99. The van der Waals surface area contributed by atoms with Crippen LogP contribution in [0.15, 0.2) is 65.5 Å².